The van der Waals surface area contributed by atoms with Gasteiger partial charge in [-0.2, -0.15) is 0 Å². The standard InChI is InChI=1S/C31H40N8O8/c1-19(2)14-25(31(46)47)38-30(45)24(15-20-6-4-3-5-7-20)37-28(43)18-33-27(42)17-34-29(44)23(36-26(41)12-13-35-39-32)16-21-8-10-22(40)11-9-21/h3-11,19,23-25,40H,12-18H2,1-2H3,(H,33,42)(H,34,44)(H,36,41)(H,37,43)(H,38,45)(H,46,47)/t23-,24-,25-/m0/s1. The van der Waals surface area contributed by atoms with Gasteiger partial charge in [0.05, 0.1) is 13.1 Å². The average molecular weight is 653 g/mol. The molecule has 0 saturated heterocycles. The van der Waals surface area contributed by atoms with Crippen molar-refractivity contribution in [3.63, 3.8) is 0 Å². The van der Waals surface area contributed by atoms with Crippen molar-refractivity contribution in [2.24, 2.45) is 11.0 Å². The van der Waals surface area contributed by atoms with Gasteiger partial charge in [-0.15, -0.1) is 0 Å². The Morgan fingerprint density at radius 1 is 0.745 bits per heavy atom. The van der Waals surface area contributed by atoms with Crippen molar-refractivity contribution in [2.45, 2.75) is 57.7 Å². The van der Waals surface area contributed by atoms with Gasteiger partial charge in [0.2, 0.25) is 29.5 Å². The number of hydrogen-bond acceptors (Lipinski definition) is 8. The number of carbonyl (C=O) groups is 6. The van der Waals surface area contributed by atoms with Gasteiger partial charge in [0, 0.05) is 30.7 Å². The van der Waals surface area contributed by atoms with E-state index < -0.39 is 66.7 Å². The van der Waals surface area contributed by atoms with Gasteiger partial charge in [-0.05, 0) is 41.1 Å². The molecule has 0 saturated carbocycles. The monoisotopic (exact) mass is 652 g/mol. The summed E-state index contributed by atoms with van der Waals surface area (Å²) in [5, 5.41) is 34.6. The van der Waals surface area contributed by atoms with Gasteiger partial charge < -0.3 is 36.8 Å². The Bertz CT molecular complexity index is 1430. The van der Waals surface area contributed by atoms with Crippen molar-refractivity contribution in [2.75, 3.05) is 19.6 Å². The van der Waals surface area contributed by atoms with E-state index in [2.05, 4.69) is 36.6 Å². The van der Waals surface area contributed by atoms with Crippen LogP contribution in [0.4, 0.5) is 0 Å². The van der Waals surface area contributed by atoms with E-state index in [4.69, 9.17) is 5.53 Å². The highest BCUT2D eigenvalue weighted by Crippen LogP contribution is 2.12. The van der Waals surface area contributed by atoms with E-state index in [0.29, 0.717) is 11.1 Å². The normalized spacial score (nSPS) is 12.4. The maximum Gasteiger partial charge on any atom is 0.326 e. The number of aliphatic carboxylic acids is 1. The van der Waals surface area contributed by atoms with Crippen molar-refractivity contribution >= 4 is 35.5 Å². The molecular weight excluding hydrogens is 612 g/mol. The fourth-order valence-electron chi connectivity index (χ4n) is 4.34. The third kappa shape index (κ3) is 14.8. The molecule has 2 aromatic rings. The molecule has 0 spiro atoms. The Labute approximate surface area is 271 Å². The molecule has 2 aromatic carbocycles. The second-order valence-corrected chi connectivity index (χ2v) is 11.0. The summed E-state index contributed by atoms with van der Waals surface area (Å²) in [6.07, 6.45) is 0.0999. The summed E-state index contributed by atoms with van der Waals surface area (Å²) in [6.45, 7) is 2.42. The number of aromatic hydroxyl groups is 1. The van der Waals surface area contributed by atoms with E-state index in [1.807, 2.05) is 13.8 Å². The van der Waals surface area contributed by atoms with Crippen LogP contribution in [0.25, 0.3) is 10.4 Å². The molecule has 0 aromatic heterocycles. The van der Waals surface area contributed by atoms with E-state index >= 15 is 0 Å². The number of benzene rings is 2. The molecule has 2 rings (SSSR count). The quantitative estimate of drug-likeness (QED) is 0.0644. The van der Waals surface area contributed by atoms with Gasteiger partial charge in [0.25, 0.3) is 0 Å². The maximum atomic E-state index is 13.1. The smallest absolute Gasteiger partial charge is 0.326 e. The van der Waals surface area contributed by atoms with Crippen LogP contribution in [0.5, 0.6) is 5.75 Å². The zero-order chi connectivity index (χ0) is 34.8. The molecule has 5 amide bonds. The number of hydrogen-bond donors (Lipinski definition) is 7. The predicted molar refractivity (Wildman–Crippen MR) is 169 cm³/mol. The molecule has 16 heteroatoms. The van der Waals surface area contributed by atoms with Crippen LogP contribution < -0.4 is 26.6 Å². The molecule has 0 heterocycles. The number of nitrogens with one attached hydrogen (secondary N) is 5. The lowest BCUT2D eigenvalue weighted by Crippen LogP contribution is -2.54. The number of phenols is 1. The SMILES string of the molecule is CC(C)C[C@H](NC(=O)[C@H](Cc1ccccc1)NC(=O)CNC(=O)CNC(=O)[C@H](Cc1ccc(O)cc1)NC(=O)CCN=[N+]=[N-])C(=O)O. The van der Waals surface area contributed by atoms with Gasteiger partial charge in [0.15, 0.2) is 0 Å². The Balaban J connectivity index is 1.99. The Kier molecular flexibility index (Phi) is 15.7. The number of rotatable bonds is 19. The van der Waals surface area contributed by atoms with Crippen molar-refractivity contribution in [3.05, 3.63) is 76.2 Å². The summed E-state index contributed by atoms with van der Waals surface area (Å²) in [5.74, 6) is -4.64. The Morgan fingerprint density at radius 3 is 1.91 bits per heavy atom. The van der Waals surface area contributed by atoms with Crippen molar-refractivity contribution in [3.8, 4) is 5.75 Å². The summed E-state index contributed by atoms with van der Waals surface area (Å²) in [6, 6.07) is 11.3. The summed E-state index contributed by atoms with van der Waals surface area (Å²) >= 11 is 0. The van der Waals surface area contributed by atoms with E-state index in [1.165, 1.54) is 12.1 Å². The molecule has 0 radical (unpaired) electrons. The number of phenolic OH excluding ortho intramolecular Hbond substituents is 1. The molecule has 3 atom stereocenters. The first-order valence-electron chi connectivity index (χ1n) is 14.9. The third-order valence-corrected chi connectivity index (χ3v) is 6.66. The topological polar surface area (TPSA) is 252 Å². The van der Waals surface area contributed by atoms with Crippen molar-refractivity contribution in [1.29, 1.82) is 0 Å². The lowest BCUT2D eigenvalue weighted by molar-refractivity contribution is -0.142. The number of nitrogens with zero attached hydrogens (tertiary/aromatic N) is 3. The summed E-state index contributed by atoms with van der Waals surface area (Å²) < 4.78 is 0. The second-order valence-electron chi connectivity index (χ2n) is 11.0. The van der Waals surface area contributed by atoms with Crippen LogP contribution in [-0.2, 0) is 41.6 Å². The maximum absolute atomic E-state index is 13.1. The highest BCUT2D eigenvalue weighted by Gasteiger charge is 2.28. The fourth-order valence-corrected chi connectivity index (χ4v) is 4.34. The van der Waals surface area contributed by atoms with E-state index in [1.54, 1.807) is 42.5 Å². The van der Waals surface area contributed by atoms with Gasteiger partial charge in [0.1, 0.15) is 23.9 Å². The van der Waals surface area contributed by atoms with Crippen LogP contribution in [0.15, 0.2) is 59.7 Å². The molecule has 7 N–H and O–H groups in total. The van der Waals surface area contributed by atoms with Crippen LogP contribution in [0.3, 0.4) is 0 Å². The molecule has 0 unspecified atom stereocenters. The predicted octanol–water partition coefficient (Wildman–Crippen LogP) is 0.695. The molecule has 0 bridgehead atoms. The highest BCUT2D eigenvalue weighted by atomic mass is 16.4. The summed E-state index contributed by atoms with van der Waals surface area (Å²) in [5.41, 5.74) is 9.73. The summed E-state index contributed by atoms with van der Waals surface area (Å²) in [4.78, 5) is 77.8. The van der Waals surface area contributed by atoms with Crippen LogP contribution in [0, 0.1) is 5.92 Å². The van der Waals surface area contributed by atoms with Crippen LogP contribution in [0.1, 0.15) is 37.8 Å². The van der Waals surface area contributed by atoms with E-state index in [-0.39, 0.29) is 43.9 Å². The first kappa shape index (κ1) is 37.6. The van der Waals surface area contributed by atoms with Gasteiger partial charge in [-0.25, -0.2) is 4.79 Å². The van der Waals surface area contributed by atoms with E-state index in [0.717, 1.165) is 0 Å². The molecule has 47 heavy (non-hydrogen) atoms. The highest BCUT2D eigenvalue weighted by molar-refractivity contribution is 5.94. The molecule has 16 nitrogen and oxygen atoms in total. The first-order valence-corrected chi connectivity index (χ1v) is 14.9. The second kappa shape index (κ2) is 19.7. The zero-order valence-electron chi connectivity index (χ0n) is 26.1. The lowest BCUT2D eigenvalue weighted by atomic mass is 10.0. The third-order valence-electron chi connectivity index (χ3n) is 6.66. The average Bonchev–Trinajstić information content (AvgIpc) is 3.03. The molecule has 252 valence electrons. The molecular formula is C31H40N8O8. The molecule has 0 aliphatic heterocycles. The summed E-state index contributed by atoms with van der Waals surface area (Å²) in [7, 11) is 0. The lowest BCUT2D eigenvalue weighted by Gasteiger charge is -2.22. The van der Waals surface area contributed by atoms with Crippen LogP contribution in [-0.4, -0.2) is 83.5 Å². The Morgan fingerprint density at radius 2 is 1.32 bits per heavy atom. The molecule has 0 aliphatic carbocycles. The number of carbonyl (C=O) groups excluding carboxylic acids is 5. The van der Waals surface area contributed by atoms with E-state index in [9.17, 15) is 39.0 Å². The minimum Gasteiger partial charge on any atom is -0.508 e. The van der Waals surface area contributed by atoms with Crippen LogP contribution in [0.2, 0.25) is 0 Å². The minimum atomic E-state index is -1.20. The molecule has 0 aliphatic rings. The first-order chi connectivity index (χ1) is 22.4. The minimum absolute atomic E-state index is 0.0106. The van der Waals surface area contributed by atoms with Crippen molar-refractivity contribution in [1.82, 2.24) is 26.6 Å². The molecule has 0 fully saturated rings. The zero-order valence-corrected chi connectivity index (χ0v) is 26.1. The number of carboxylic acid groups (broad SMARTS) is 1. The van der Waals surface area contributed by atoms with Gasteiger partial charge in [-0.1, -0.05) is 61.4 Å². The number of carboxylic acids is 1. The number of amides is 5. The Hall–Kier alpha value is -5.63. The fraction of sp³-hybridized carbons (Fsp3) is 0.419. The van der Waals surface area contributed by atoms with Crippen molar-refractivity contribution < 1.29 is 39.0 Å². The number of azide groups is 1. The van der Waals surface area contributed by atoms with Crippen LogP contribution >= 0.6 is 0 Å². The largest absolute Gasteiger partial charge is 0.508 e. The van der Waals surface area contributed by atoms with Gasteiger partial charge in [-0.3, -0.25) is 24.0 Å². The van der Waals surface area contributed by atoms with Gasteiger partial charge >= 0.3 is 5.97 Å².